The molecule has 1 fully saturated rings. The maximum atomic E-state index is 11.4. The molecule has 9 nitrogen and oxygen atoms in total. The molecular weight excluding hydrogens is 468 g/mol. The highest BCUT2D eigenvalue weighted by molar-refractivity contribution is 5.73. The Morgan fingerprint density at radius 1 is 1.14 bits per heavy atom. The number of rotatable bonds is 8. The van der Waals surface area contributed by atoms with Crippen LogP contribution >= 0.6 is 0 Å². The van der Waals surface area contributed by atoms with Gasteiger partial charge in [0.15, 0.2) is 12.4 Å². The summed E-state index contributed by atoms with van der Waals surface area (Å²) >= 11 is 0. The van der Waals surface area contributed by atoms with Crippen molar-refractivity contribution in [3.05, 3.63) is 34.9 Å². The van der Waals surface area contributed by atoms with Gasteiger partial charge < -0.3 is 39.7 Å². The molecule has 2 aliphatic heterocycles. The van der Waals surface area contributed by atoms with Gasteiger partial charge in [-0.3, -0.25) is 0 Å². The van der Waals surface area contributed by atoms with Gasteiger partial charge in [0.1, 0.15) is 35.4 Å². The van der Waals surface area contributed by atoms with Crippen LogP contribution in [-0.4, -0.2) is 74.4 Å². The summed E-state index contributed by atoms with van der Waals surface area (Å²) in [6.07, 6.45) is -0.448. The molecule has 0 amide bonds. The summed E-state index contributed by atoms with van der Waals surface area (Å²) in [5, 5.41) is 50.4. The van der Waals surface area contributed by atoms with Gasteiger partial charge >= 0.3 is 5.97 Å². The van der Waals surface area contributed by atoms with E-state index in [-0.39, 0.29) is 24.2 Å². The smallest absolute Gasteiger partial charge is 0.335 e. The number of unbranched alkanes of at least 4 members (excludes halogenated alkanes) is 2. The first-order valence-electron chi connectivity index (χ1n) is 12.8. The van der Waals surface area contributed by atoms with Gasteiger partial charge in [0, 0.05) is 17.4 Å². The number of allylic oxidation sites excluding steroid dienone is 1. The minimum Gasteiger partial charge on any atom is -0.507 e. The number of fused-ring (bicyclic) bond motifs is 3. The first kappa shape index (κ1) is 26.9. The topological polar surface area (TPSA) is 146 Å². The monoisotopic (exact) mass is 506 g/mol. The van der Waals surface area contributed by atoms with E-state index in [2.05, 4.69) is 26.8 Å². The number of carbonyl (C=O) groups is 1. The molecule has 0 unspecified atom stereocenters. The van der Waals surface area contributed by atoms with Crippen molar-refractivity contribution in [1.82, 2.24) is 0 Å². The SMILES string of the molecule is CCCCCc1cc(O)c2c(c1)OC(C)(C)[C@@H]1CCC(CO[C@H]3O[C@H](C(=O)O)[C@@H](O)[C@H](O)[C@H]3O)=C[C@@H]21. The number of phenols is 1. The second-order valence-electron chi connectivity index (χ2n) is 10.7. The lowest BCUT2D eigenvalue weighted by Gasteiger charge is -2.46. The van der Waals surface area contributed by atoms with Crippen molar-refractivity contribution >= 4 is 5.97 Å². The van der Waals surface area contributed by atoms with Gasteiger partial charge in [-0.1, -0.05) is 25.8 Å². The highest BCUT2D eigenvalue weighted by Crippen LogP contribution is 2.53. The molecule has 0 spiro atoms. The first-order valence-corrected chi connectivity index (χ1v) is 12.8. The Bertz CT molecular complexity index is 988. The average molecular weight is 507 g/mol. The van der Waals surface area contributed by atoms with Gasteiger partial charge in [-0.2, -0.15) is 0 Å². The number of aromatic hydroxyl groups is 1. The Kier molecular flexibility index (Phi) is 7.97. The van der Waals surface area contributed by atoms with E-state index in [1.165, 1.54) is 0 Å². The van der Waals surface area contributed by atoms with E-state index < -0.39 is 42.3 Å². The summed E-state index contributed by atoms with van der Waals surface area (Å²) in [5.41, 5.74) is 2.28. The fourth-order valence-electron chi connectivity index (χ4n) is 5.71. The van der Waals surface area contributed by atoms with Gasteiger partial charge in [0.2, 0.25) is 0 Å². The minimum absolute atomic E-state index is 0.0482. The standard InChI is InChI=1S/C27H38O9/c1-4-5-6-7-14-11-18(28)20-16-10-15(8-9-17(16)27(2,3)36-19(20)12-14)13-34-26-23(31)21(29)22(30)24(35-26)25(32)33/h10-12,16-17,21-24,26,28-31H,4-9,13H2,1-3H3,(H,32,33)/t16-,17-,21+,22+,23-,24+,26+/m1/s1. The molecule has 7 atom stereocenters. The molecule has 9 heteroatoms. The zero-order valence-corrected chi connectivity index (χ0v) is 21.1. The van der Waals surface area contributed by atoms with Crippen molar-refractivity contribution in [3.63, 3.8) is 0 Å². The van der Waals surface area contributed by atoms with Crippen molar-refractivity contribution in [2.45, 2.75) is 102 Å². The van der Waals surface area contributed by atoms with Crippen LogP contribution in [0.1, 0.15) is 69.9 Å². The molecule has 3 aliphatic rings. The van der Waals surface area contributed by atoms with Crippen LogP contribution in [0.15, 0.2) is 23.8 Å². The average Bonchev–Trinajstić information content (AvgIpc) is 2.81. The van der Waals surface area contributed by atoms with Crippen LogP contribution in [0.25, 0.3) is 0 Å². The van der Waals surface area contributed by atoms with Gasteiger partial charge in [-0.25, -0.2) is 4.79 Å². The van der Waals surface area contributed by atoms with Gasteiger partial charge in [-0.05, 0) is 62.8 Å². The van der Waals surface area contributed by atoms with E-state index in [1.54, 1.807) is 0 Å². The maximum absolute atomic E-state index is 11.4. The Labute approximate surface area is 211 Å². The number of carboxylic acid groups (broad SMARTS) is 1. The van der Waals surface area contributed by atoms with Crippen LogP contribution in [0.4, 0.5) is 0 Å². The van der Waals surface area contributed by atoms with Gasteiger partial charge in [0.25, 0.3) is 0 Å². The third kappa shape index (κ3) is 5.26. The second kappa shape index (κ2) is 10.7. The van der Waals surface area contributed by atoms with E-state index in [0.29, 0.717) is 12.2 Å². The molecule has 5 N–H and O–H groups in total. The quantitative estimate of drug-likeness (QED) is 0.265. The van der Waals surface area contributed by atoms with Crippen LogP contribution < -0.4 is 4.74 Å². The number of ether oxygens (including phenoxy) is 3. The number of phenolic OH excluding ortho intramolecular Hbond substituents is 1. The Morgan fingerprint density at radius 2 is 1.89 bits per heavy atom. The number of aliphatic hydroxyl groups is 3. The minimum atomic E-state index is -1.76. The van der Waals surface area contributed by atoms with Crippen LogP contribution in [-0.2, 0) is 20.7 Å². The van der Waals surface area contributed by atoms with E-state index in [4.69, 9.17) is 14.2 Å². The van der Waals surface area contributed by atoms with E-state index in [9.17, 15) is 30.3 Å². The van der Waals surface area contributed by atoms with Crippen molar-refractivity contribution < 1.29 is 44.5 Å². The summed E-state index contributed by atoms with van der Waals surface area (Å²) < 4.78 is 17.3. The molecular formula is C27H38O9. The van der Waals surface area contributed by atoms with Crippen LogP contribution in [0.3, 0.4) is 0 Å². The molecule has 1 aromatic rings. The number of hydrogen-bond acceptors (Lipinski definition) is 8. The third-order valence-corrected chi connectivity index (χ3v) is 7.72. The molecule has 0 bridgehead atoms. The highest BCUT2D eigenvalue weighted by atomic mass is 16.7. The molecule has 1 aliphatic carbocycles. The molecule has 0 saturated carbocycles. The molecule has 0 radical (unpaired) electrons. The fraction of sp³-hybridized carbons (Fsp3) is 0.667. The molecule has 4 rings (SSSR count). The number of aryl methyl sites for hydroxylation is 1. The molecule has 36 heavy (non-hydrogen) atoms. The van der Waals surface area contributed by atoms with Crippen LogP contribution in [0, 0.1) is 5.92 Å². The van der Waals surface area contributed by atoms with Crippen LogP contribution in [0.2, 0.25) is 0 Å². The zero-order chi connectivity index (χ0) is 26.2. The summed E-state index contributed by atoms with van der Waals surface area (Å²) in [7, 11) is 0. The van der Waals surface area contributed by atoms with Crippen LogP contribution in [0.5, 0.6) is 11.5 Å². The third-order valence-electron chi connectivity index (χ3n) is 7.72. The lowest BCUT2D eigenvalue weighted by atomic mass is 9.68. The molecule has 1 aromatic carbocycles. The summed E-state index contributed by atoms with van der Waals surface area (Å²) in [6.45, 7) is 6.33. The van der Waals surface area contributed by atoms with Crippen molar-refractivity contribution in [2.75, 3.05) is 6.61 Å². The number of benzene rings is 1. The number of aliphatic hydroxyl groups excluding tert-OH is 3. The Hall–Kier alpha value is -2.17. The number of hydrogen-bond donors (Lipinski definition) is 5. The van der Waals surface area contributed by atoms with E-state index in [1.807, 2.05) is 12.1 Å². The van der Waals surface area contributed by atoms with Crippen molar-refractivity contribution in [3.8, 4) is 11.5 Å². The second-order valence-corrected chi connectivity index (χ2v) is 10.7. The molecule has 200 valence electrons. The Balaban J connectivity index is 1.54. The lowest BCUT2D eigenvalue weighted by Crippen LogP contribution is -2.60. The molecule has 0 aromatic heterocycles. The van der Waals surface area contributed by atoms with Crippen molar-refractivity contribution in [2.24, 2.45) is 5.92 Å². The largest absolute Gasteiger partial charge is 0.507 e. The normalized spacial score (nSPS) is 33.2. The number of aliphatic carboxylic acids is 1. The predicted octanol–water partition coefficient (Wildman–Crippen LogP) is 2.62. The predicted molar refractivity (Wildman–Crippen MR) is 130 cm³/mol. The summed E-state index contributed by atoms with van der Waals surface area (Å²) in [5.74, 6) is -0.506. The summed E-state index contributed by atoms with van der Waals surface area (Å²) in [6, 6.07) is 3.86. The van der Waals surface area contributed by atoms with Crippen molar-refractivity contribution in [1.29, 1.82) is 0 Å². The fourth-order valence-corrected chi connectivity index (χ4v) is 5.71. The Morgan fingerprint density at radius 3 is 2.58 bits per heavy atom. The van der Waals surface area contributed by atoms with E-state index in [0.717, 1.165) is 48.8 Å². The maximum Gasteiger partial charge on any atom is 0.335 e. The molecule has 2 heterocycles. The summed E-state index contributed by atoms with van der Waals surface area (Å²) in [4.78, 5) is 11.4. The van der Waals surface area contributed by atoms with E-state index >= 15 is 0 Å². The van der Waals surface area contributed by atoms with Gasteiger partial charge in [-0.15, -0.1) is 0 Å². The number of carboxylic acids is 1. The lowest BCUT2D eigenvalue weighted by molar-refractivity contribution is -0.292. The highest BCUT2D eigenvalue weighted by Gasteiger charge is 2.48. The first-order chi connectivity index (χ1) is 17.0. The van der Waals surface area contributed by atoms with Gasteiger partial charge in [0.05, 0.1) is 6.61 Å². The molecule has 1 saturated heterocycles. The zero-order valence-electron chi connectivity index (χ0n) is 21.1.